The van der Waals surface area contributed by atoms with Crippen LogP contribution in [0, 0.1) is 5.82 Å². The van der Waals surface area contributed by atoms with E-state index < -0.39 is 0 Å². The molecule has 5 heteroatoms. The number of hydrogen-bond acceptors (Lipinski definition) is 3. The van der Waals surface area contributed by atoms with Crippen molar-refractivity contribution in [1.29, 1.82) is 0 Å². The van der Waals surface area contributed by atoms with E-state index in [4.69, 9.17) is 4.74 Å². The van der Waals surface area contributed by atoms with E-state index in [1.165, 1.54) is 17.0 Å². The number of ether oxygens (including phenoxy) is 1. The Hall–Kier alpha value is -3.47. The lowest BCUT2D eigenvalue weighted by molar-refractivity contribution is 0.0651. The average molecular weight is 417 g/mol. The first kappa shape index (κ1) is 20.8. The molecule has 0 unspecified atom stereocenters. The van der Waals surface area contributed by atoms with E-state index >= 15 is 0 Å². The Morgan fingerprint density at radius 3 is 1.84 bits per heavy atom. The third kappa shape index (κ3) is 4.36. The van der Waals surface area contributed by atoms with Crippen molar-refractivity contribution in [2.24, 2.45) is 0 Å². The SMILES string of the molecule is CC(C)Oc1ccc([C@H](CCN2C(=O)c3ccccc3C2=O)c2ccc(F)cc2)cc1. The molecule has 0 aliphatic carbocycles. The van der Waals surface area contributed by atoms with Crippen molar-refractivity contribution in [2.75, 3.05) is 6.54 Å². The van der Waals surface area contributed by atoms with Gasteiger partial charge in [0.15, 0.2) is 0 Å². The minimum absolute atomic E-state index is 0.0765. The van der Waals surface area contributed by atoms with Gasteiger partial charge in [0.05, 0.1) is 17.2 Å². The van der Waals surface area contributed by atoms with Gasteiger partial charge in [-0.2, -0.15) is 0 Å². The first-order valence-electron chi connectivity index (χ1n) is 10.4. The molecule has 158 valence electrons. The van der Waals surface area contributed by atoms with Crippen molar-refractivity contribution in [2.45, 2.75) is 32.3 Å². The molecule has 0 N–H and O–H groups in total. The number of benzene rings is 3. The van der Waals surface area contributed by atoms with Crippen LogP contribution in [0.1, 0.15) is 58.0 Å². The highest BCUT2D eigenvalue weighted by Gasteiger charge is 2.35. The van der Waals surface area contributed by atoms with Gasteiger partial charge in [0.2, 0.25) is 0 Å². The molecule has 3 aromatic carbocycles. The van der Waals surface area contributed by atoms with Crippen LogP contribution in [-0.2, 0) is 0 Å². The van der Waals surface area contributed by atoms with Gasteiger partial charge in [0, 0.05) is 12.5 Å². The third-order valence-corrected chi connectivity index (χ3v) is 5.45. The van der Waals surface area contributed by atoms with Gasteiger partial charge in [-0.25, -0.2) is 4.39 Å². The topological polar surface area (TPSA) is 46.6 Å². The van der Waals surface area contributed by atoms with Crippen LogP contribution < -0.4 is 4.74 Å². The Bertz CT molecular complexity index is 1060. The largest absolute Gasteiger partial charge is 0.491 e. The Kier molecular flexibility index (Phi) is 5.85. The Balaban J connectivity index is 1.58. The summed E-state index contributed by atoms with van der Waals surface area (Å²) in [6, 6.07) is 21.0. The number of amides is 2. The lowest BCUT2D eigenvalue weighted by atomic mass is 9.88. The average Bonchev–Trinajstić information content (AvgIpc) is 3.00. The van der Waals surface area contributed by atoms with Crippen LogP contribution in [0.15, 0.2) is 72.8 Å². The van der Waals surface area contributed by atoms with Crippen molar-refractivity contribution >= 4 is 11.8 Å². The van der Waals surface area contributed by atoms with Crippen molar-refractivity contribution < 1.29 is 18.7 Å². The van der Waals surface area contributed by atoms with Crippen molar-refractivity contribution in [3.63, 3.8) is 0 Å². The summed E-state index contributed by atoms with van der Waals surface area (Å²) in [6.45, 7) is 4.22. The van der Waals surface area contributed by atoms with E-state index in [0.29, 0.717) is 17.5 Å². The summed E-state index contributed by atoms with van der Waals surface area (Å²) < 4.78 is 19.2. The molecule has 0 fully saturated rings. The van der Waals surface area contributed by atoms with Crippen LogP contribution >= 0.6 is 0 Å². The zero-order valence-electron chi connectivity index (χ0n) is 17.5. The van der Waals surface area contributed by atoms with Gasteiger partial charge < -0.3 is 4.74 Å². The number of nitrogens with zero attached hydrogens (tertiary/aromatic N) is 1. The van der Waals surface area contributed by atoms with E-state index in [0.717, 1.165) is 16.9 Å². The van der Waals surface area contributed by atoms with Crippen LogP contribution in [0.25, 0.3) is 0 Å². The third-order valence-electron chi connectivity index (χ3n) is 5.45. The number of rotatable bonds is 7. The van der Waals surface area contributed by atoms with E-state index in [1.54, 1.807) is 36.4 Å². The molecule has 31 heavy (non-hydrogen) atoms. The highest BCUT2D eigenvalue weighted by Crippen LogP contribution is 2.31. The zero-order valence-corrected chi connectivity index (χ0v) is 17.5. The molecule has 1 aliphatic heterocycles. The second-order valence-corrected chi connectivity index (χ2v) is 7.94. The Morgan fingerprint density at radius 2 is 1.32 bits per heavy atom. The molecule has 3 aromatic rings. The van der Waals surface area contributed by atoms with Gasteiger partial charge in [0.1, 0.15) is 11.6 Å². The van der Waals surface area contributed by atoms with Crippen LogP contribution in [-0.4, -0.2) is 29.4 Å². The van der Waals surface area contributed by atoms with Gasteiger partial charge >= 0.3 is 0 Å². The molecule has 1 aliphatic rings. The maximum absolute atomic E-state index is 13.5. The summed E-state index contributed by atoms with van der Waals surface area (Å²) in [5.74, 6) is -0.156. The second-order valence-electron chi connectivity index (χ2n) is 7.94. The molecule has 0 spiro atoms. The van der Waals surface area contributed by atoms with Crippen molar-refractivity contribution in [3.05, 3.63) is 101 Å². The predicted octanol–water partition coefficient (Wildman–Crippen LogP) is 5.43. The van der Waals surface area contributed by atoms with Crippen molar-refractivity contribution in [1.82, 2.24) is 4.90 Å². The normalized spacial score (nSPS) is 14.1. The molecule has 1 atom stereocenters. The van der Waals surface area contributed by atoms with E-state index in [-0.39, 0.29) is 36.2 Å². The highest BCUT2D eigenvalue weighted by molar-refractivity contribution is 6.21. The number of hydrogen-bond donors (Lipinski definition) is 0. The summed E-state index contributed by atoms with van der Waals surface area (Å²) in [4.78, 5) is 26.8. The maximum atomic E-state index is 13.5. The van der Waals surface area contributed by atoms with Gasteiger partial charge in [-0.3, -0.25) is 14.5 Å². The van der Waals surface area contributed by atoms with Crippen LogP contribution in [0.4, 0.5) is 4.39 Å². The first-order valence-corrected chi connectivity index (χ1v) is 10.4. The minimum atomic E-state index is -0.302. The standard InChI is InChI=1S/C26H24FNO3/c1-17(2)31-21-13-9-19(10-14-21)22(18-7-11-20(27)12-8-18)15-16-28-25(29)23-5-3-4-6-24(23)26(28)30/h3-14,17,22H,15-16H2,1-2H3/t22-/m1/s1. The fraction of sp³-hybridized carbons (Fsp3) is 0.231. The smallest absolute Gasteiger partial charge is 0.261 e. The molecule has 0 aromatic heterocycles. The summed E-state index contributed by atoms with van der Waals surface area (Å²) in [7, 11) is 0. The number of carbonyl (C=O) groups is 2. The Labute approximate surface area is 181 Å². The quantitative estimate of drug-likeness (QED) is 0.482. The van der Waals surface area contributed by atoms with E-state index in [2.05, 4.69) is 0 Å². The molecule has 0 radical (unpaired) electrons. The molecule has 0 saturated carbocycles. The van der Waals surface area contributed by atoms with Gasteiger partial charge in [-0.1, -0.05) is 36.4 Å². The van der Waals surface area contributed by atoms with Crippen LogP contribution in [0.3, 0.4) is 0 Å². The number of imide groups is 1. The molecule has 4 rings (SSSR count). The zero-order chi connectivity index (χ0) is 22.0. The van der Waals surface area contributed by atoms with Crippen LogP contribution in [0.2, 0.25) is 0 Å². The summed E-state index contributed by atoms with van der Waals surface area (Å²) in [6.07, 6.45) is 0.606. The lowest BCUT2D eigenvalue weighted by Gasteiger charge is -2.22. The lowest BCUT2D eigenvalue weighted by Crippen LogP contribution is -2.31. The predicted molar refractivity (Wildman–Crippen MR) is 117 cm³/mol. The Morgan fingerprint density at radius 1 is 0.806 bits per heavy atom. The molecule has 4 nitrogen and oxygen atoms in total. The molecule has 2 amide bonds. The molecular weight excluding hydrogens is 393 g/mol. The van der Waals surface area contributed by atoms with Gasteiger partial charge in [-0.05, 0) is 67.8 Å². The molecule has 0 bridgehead atoms. The number of fused-ring (bicyclic) bond motifs is 1. The van der Waals surface area contributed by atoms with E-state index in [1.807, 2.05) is 38.1 Å². The van der Waals surface area contributed by atoms with Gasteiger partial charge in [0.25, 0.3) is 11.8 Å². The first-order chi connectivity index (χ1) is 14.9. The van der Waals surface area contributed by atoms with Crippen molar-refractivity contribution in [3.8, 4) is 5.75 Å². The monoisotopic (exact) mass is 417 g/mol. The molecule has 0 saturated heterocycles. The molecule has 1 heterocycles. The second kappa shape index (κ2) is 8.72. The van der Waals surface area contributed by atoms with Gasteiger partial charge in [-0.15, -0.1) is 0 Å². The highest BCUT2D eigenvalue weighted by atomic mass is 19.1. The minimum Gasteiger partial charge on any atom is -0.491 e. The summed E-state index contributed by atoms with van der Waals surface area (Å²) >= 11 is 0. The summed E-state index contributed by atoms with van der Waals surface area (Å²) in [5, 5.41) is 0. The fourth-order valence-electron chi connectivity index (χ4n) is 3.97. The van der Waals surface area contributed by atoms with E-state index in [9.17, 15) is 14.0 Å². The summed E-state index contributed by atoms with van der Waals surface area (Å²) in [5.41, 5.74) is 2.83. The van der Waals surface area contributed by atoms with Crippen LogP contribution in [0.5, 0.6) is 5.75 Å². The number of carbonyl (C=O) groups excluding carboxylic acids is 2. The maximum Gasteiger partial charge on any atom is 0.261 e. The molecular formula is C26H24FNO3. The fourth-order valence-corrected chi connectivity index (χ4v) is 3.97. The number of halogens is 1.